The Balaban J connectivity index is 1.99. The summed E-state index contributed by atoms with van der Waals surface area (Å²) in [5, 5.41) is -0.642. The first kappa shape index (κ1) is 20.7. The molecule has 1 aliphatic heterocycles. The normalized spacial score (nSPS) is 15.9. The summed E-state index contributed by atoms with van der Waals surface area (Å²) in [5.74, 6) is -0.615. The molecule has 2 aromatic carbocycles. The number of fused-ring (bicyclic) bond motifs is 1. The SMILES string of the molecule is CCOC(=O)CC1Sc2cccc(OC)c2N(Cc2ccc(Br)cc2F)C1=O. The lowest BCUT2D eigenvalue weighted by Gasteiger charge is -2.34. The van der Waals surface area contributed by atoms with Crippen molar-refractivity contribution in [2.45, 2.75) is 30.0 Å². The average molecular weight is 468 g/mol. The zero-order chi connectivity index (χ0) is 20.3. The Morgan fingerprint density at radius 3 is 2.79 bits per heavy atom. The molecule has 0 saturated carbocycles. The summed E-state index contributed by atoms with van der Waals surface area (Å²) in [6, 6.07) is 10.1. The van der Waals surface area contributed by atoms with Gasteiger partial charge in [0.1, 0.15) is 17.3 Å². The molecule has 1 aliphatic rings. The first-order valence-corrected chi connectivity index (χ1v) is 10.4. The van der Waals surface area contributed by atoms with Gasteiger partial charge in [-0.3, -0.25) is 9.59 Å². The minimum Gasteiger partial charge on any atom is -0.495 e. The molecule has 3 rings (SSSR count). The molecule has 28 heavy (non-hydrogen) atoms. The molecule has 0 radical (unpaired) electrons. The van der Waals surface area contributed by atoms with Gasteiger partial charge in [0, 0.05) is 14.9 Å². The van der Waals surface area contributed by atoms with Crippen molar-refractivity contribution in [3.05, 3.63) is 52.3 Å². The molecule has 0 saturated heterocycles. The molecule has 0 bridgehead atoms. The monoisotopic (exact) mass is 467 g/mol. The maximum atomic E-state index is 14.4. The van der Waals surface area contributed by atoms with Crippen LogP contribution in [0.25, 0.3) is 0 Å². The number of para-hydroxylation sites is 1. The van der Waals surface area contributed by atoms with E-state index in [1.807, 2.05) is 12.1 Å². The molecule has 0 aromatic heterocycles. The predicted molar refractivity (Wildman–Crippen MR) is 109 cm³/mol. The third-order valence-corrected chi connectivity index (χ3v) is 5.99. The van der Waals surface area contributed by atoms with E-state index in [9.17, 15) is 14.0 Å². The number of amides is 1. The number of esters is 1. The Morgan fingerprint density at radius 2 is 2.11 bits per heavy atom. The Labute approximate surface area is 175 Å². The number of carbonyl (C=O) groups excluding carboxylic acids is 2. The minimum absolute atomic E-state index is 0.0329. The zero-order valence-electron chi connectivity index (χ0n) is 15.4. The number of thioether (sulfide) groups is 1. The molecule has 0 spiro atoms. The molecule has 0 fully saturated rings. The van der Waals surface area contributed by atoms with Crippen molar-refractivity contribution in [1.82, 2.24) is 0 Å². The van der Waals surface area contributed by atoms with E-state index < -0.39 is 17.0 Å². The van der Waals surface area contributed by atoms with Gasteiger partial charge in [0.2, 0.25) is 5.91 Å². The van der Waals surface area contributed by atoms with Gasteiger partial charge in [0.25, 0.3) is 0 Å². The second-order valence-corrected chi connectivity index (χ2v) is 8.24. The van der Waals surface area contributed by atoms with Gasteiger partial charge in [-0.2, -0.15) is 0 Å². The van der Waals surface area contributed by atoms with Crippen molar-refractivity contribution in [3.8, 4) is 5.75 Å². The van der Waals surface area contributed by atoms with Crippen LogP contribution in [-0.4, -0.2) is 30.8 Å². The van der Waals surface area contributed by atoms with Crippen LogP contribution in [0.4, 0.5) is 10.1 Å². The van der Waals surface area contributed by atoms with Crippen LogP contribution in [-0.2, 0) is 20.9 Å². The number of carbonyl (C=O) groups is 2. The first-order valence-electron chi connectivity index (χ1n) is 8.69. The molecule has 1 heterocycles. The van der Waals surface area contributed by atoms with E-state index in [-0.39, 0.29) is 25.5 Å². The highest BCUT2D eigenvalue weighted by Crippen LogP contribution is 2.46. The van der Waals surface area contributed by atoms with Gasteiger partial charge in [0.15, 0.2) is 0 Å². The molecule has 0 aliphatic carbocycles. The number of halogens is 2. The lowest BCUT2D eigenvalue weighted by Crippen LogP contribution is -2.42. The molecule has 1 unspecified atom stereocenters. The maximum Gasteiger partial charge on any atom is 0.307 e. The second-order valence-electron chi connectivity index (χ2n) is 6.08. The van der Waals surface area contributed by atoms with E-state index in [1.165, 1.54) is 29.8 Å². The second kappa shape index (κ2) is 8.96. The van der Waals surface area contributed by atoms with Crippen LogP contribution < -0.4 is 9.64 Å². The lowest BCUT2D eigenvalue weighted by molar-refractivity contribution is -0.144. The summed E-state index contributed by atoms with van der Waals surface area (Å²) in [6.45, 7) is 2.00. The molecular weight excluding hydrogens is 449 g/mol. The molecule has 8 heteroatoms. The average Bonchev–Trinajstić information content (AvgIpc) is 2.66. The topological polar surface area (TPSA) is 55.8 Å². The number of anilines is 1. The van der Waals surface area contributed by atoms with Gasteiger partial charge in [0.05, 0.1) is 31.9 Å². The van der Waals surface area contributed by atoms with Gasteiger partial charge in [-0.15, -0.1) is 11.8 Å². The largest absolute Gasteiger partial charge is 0.495 e. The number of methoxy groups -OCH3 is 1. The van der Waals surface area contributed by atoms with Crippen molar-refractivity contribution in [1.29, 1.82) is 0 Å². The number of rotatable bonds is 6. The summed E-state index contributed by atoms with van der Waals surface area (Å²) in [7, 11) is 1.52. The van der Waals surface area contributed by atoms with Crippen LogP contribution >= 0.6 is 27.7 Å². The lowest BCUT2D eigenvalue weighted by atomic mass is 10.1. The molecule has 148 valence electrons. The zero-order valence-corrected chi connectivity index (χ0v) is 17.8. The van der Waals surface area contributed by atoms with Crippen LogP contribution in [0.1, 0.15) is 18.9 Å². The summed E-state index contributed by atoms with van der Waals surface area (Å²) in [6.07, 6.45) is -0.0483. The van der Waals surface area contributed by atoms with Crippen LogP contribution in [0.5, 0.6) is 5.75 Å². The van der Waals surface area contributed by atoms with Crippen molar-refractivity contribution in [2.75, 3.05) is 18.6 Å². The van der Waals surface area contributed by atoms with E-state index in [4.69, 9.17) is 9.47 Å². The van der Waals surface area contributed by atoms with E-state index >= 15 is 0 Å². The van der Waals surface area contributed by atoms with Gasteiger partial charge >= 0.3 is 5.97 Å². The van der Waals surface area contributed by atoms with Gasteiger partial charge in [-0.25, -0.2) is 4.39 Å². The Hall–Kier alpha value is -2.06. The number of ether oxygens (including phenoxy) is 2. The summed E-state index contributed by atoms with van der Waals surface area (Å²) < 4.78 is 25.5. The van der Waals surface area contributed by atoms with E-state index in [0.717, 1.165) is 4.90 Å². The molecule has 0 N–H and O–H groups in total. The highest BCUT2D eigenvalue weighted by atomic mass is 79.9. The van der Waals surface area contributed by atoms with Crippen LogP contribution in [0, 0.1) is 5.82 Å². The molecule has 2 aromatic rings. The standard InChI is InChI=1S/C20H19BrFNO4S/c1-3-27-18(24)10-17-20(25)23(11-12-7-8-13(21)9-14(12)22)19-15(26-2)5-4-6-16(19)28-17/h4-9,17H,3,10-11H2,1-2H3. The van der Waals surface area contributed by atoms with Crippen molar-refractivity contribution in [3.63, 3.8) is 0 Å². The van der Waals surface area contributed by atoms with E-state index in [0.29, 0.717) is 21.5 Å². The fourth-order valence-corrected chi connectivity index (χ4v) is 4.56. The van der Waals surface area contributed by atoms with Crippen molar-refractivity contribution in [2.24, 2.45) is 0 Å². The number of nitrogens with zero attached hydrogens (tertiary/aromatic N) is 1. The Kier molecular flexibility index (Phi) is 6.61. The predicted octanol–water partition coefficient (Wildman–Crippen LogP) is 4.56. The van der Waals surface area contributed by atoms with Crippen LogP contribution in [0.2, 0.25) is 0 Å². The molecule has 1 amide bonds. The minimum atomic E-state index is -0.642. The smallest absolute Gasteiger partial charge is 0.307 e. The summed E-state index contributed by atoms with van der Waals surface area (Å²) in [5.41, 5.74) is 0.956. The van der Waals surface area contributed by atoms with E-state index in [2.05, 4.69) is 15.9 Å². The molecule has 1 atom stereocenters. The summed E-state index contributed by atoms with van der Waals surface area (Å²) >= 11 is 4.53. The van der Waals surface area contributed by atoms with E-state index in [1.54, 1.807) is 25.1 Å². The Morgan fingerprint density at radius 1 is 1.32 bits per heavy atom. The first-order chi connectivity index (χ1) is 13.4. The Bertz CT molecular complexity index is 908. The molecular formula is C20H19BrFNO4S. The fourth-order valence-electron chi connectivity index (χ4n) is 2.99. The third kappa shape index (κ3) is 4.33. The van der Waals surface area contributed by atoms with Gasteiger partial charge in [-0.1, -0.05) is 28.1 Å². The number of benzene rings is 2. The highest BCUT2D eigenvalue weighted by molar-refractivity contribution is 9.10. The van der Waals surface area contributed by atoms with Crippen molar-refractivity contribution >= 4 is 45.3 Å². The van der Waals surface area contributed by atoms with Gasteiger partial charge in [-0.05, 0) is 31.2 Å². The van der Waals surface area contributed by atoms with Crippen LogP contribution in [0.15, 0.2) is 45.8 Å². The quantitative estimate of drug-likeness (QED) is 0.582. The molecule has 5 nitrogen and oxygen atoms in total. The third-order valence-electron chi connectivity index (χ3n) is 4.26. The van der Waals surface area contributed by atoms with Crippen LogP contribution in [0.3, 0.4) is 0 Å². The number of hydrogen-bond acceptors (Lipinski definition) is 5. The fraction of sp³-hybridized carbons (Fsp3) is 0.300. The summed E-state index contributed by atoms with van der Waals surface area (Å²) in [4.78, 5) is 27.4. The maximum absolute atomic E-state index is 14.4. The van der Waals surface area contributed by atoms with Crippen molar-refractivity contribution < 1.29 is 23.5 Å². The number of hydrogen-bond donors (Lipinski definition) is 0. The highest BCUT2D eigenvalue weighted by Gasteiger charge is 2.37. The van der Waals surface area contributed by atoms with Gasteiger partial charge < -0.3 is 14.4 Å².